The van der Waals surface area contributed by atoms with Gasteiger partial charge in [-0.3, -0.25) is 0 Å². The summed E-state index contributed by atoms with van der Waals surface area (Å²) in [5.74, 6) is 0. The van der Waals surface area contributed by atoms with E-state index in [1.807, 2.05) is 0 Å². The van der Waals surface area contributed by atoms with Crippen LogP contribution in [0.1, 0.15) is 64.7 Å². The summed E-state index contributed by atoms with van der Waals surface area (Å²) in [4.78, 5) is 0. The molecular weight excluding hydrogens is 196 g/mol. The van der Waals surface area contributed by atoms with Gasteiger partial charge in [-0.1, -0.05) is 39.0 Å². The van der Waals surface area contributed by atoms with Crippen LogP contribution in [0.4, 0.5) is 0 Å². The first kappa shape index (κ1) is 14.0. The highest BCUT2D eigenvalue weighted by atomic mass is 14.9. The summed E-state index contributed by atoms with van der Waals surface area (Å²) in [5, 5.41) is 3.63. The first-order valence-electron chi connectivity index (χ1n) is 7.18. The van der Waals surface area contributed by atoms with Gasteiger partial charge in [-0.2, -0.15) is 0 Å². The molecule has 0 atom stereocenters. The van der Waals surface area contributed by atoms with E-state index in [4.69, 9.17) is 5.73 Å². The molecule has 1 rings (SSSR count). The highest BCUT2D eigenvalue weighted by molar-refractivity contribution is 4.82. The van der Waals surface area contributed by atoms with E-state index in [0.717, 1.165) is 6.54 Å². The molecule has 0 unspecified atom stereocenters. The molecule has 1 aliphatic carbocycles. The Bertz CT molecular complexity index is 162. The van der Waals surface area contributed by atoms with Crippen molar-refractivity contribution in [2.75, 3.05) is 19.6 Å². The van der Waals surface area contributed by atoms with Gasteiger partial charge in [0.1, 0.15) is 0 Å². The monoisotopic (exact) mass is 226 g/mol. The molecule has 0 aromatic carbocycles. The van der Waals surface area contributed by atoms with Crippen molar-refractivity contribution in [1.29, 1.82) is 0 Å². The van der Waals surface area contributed by atoms with Gasteiger partial charge in [0.05, 0.1) is 0 Å². The maximum Gasteiger partial charge on any atom is 0.000516 e. The van der Waals surface area contributed by atoms with Crippen molar-refractivity contribution in [3.63, 3.8) is 0 Å². The van der Waals surface area contributed by atoms with E-state index in [0.29, 0.717) is 5.41 Å². The lowest BCUT2D eigenvalue weighted by atomic mass is 9.89. The van der Waals surface area contributed by atoms with E-state index in [9.17, 15) is 0 Å². The van der Waals surface area contributed by atoms with Crippen molar-refractivity contribution in [3.05, 3.63) is 0 Å². The van der Waals surface area contributed by atoms with Crippen molar-refractivity contribution in [3.8, 4) is 0 Å². The van der Waals surface area contributed by atoms with Gasteiger partial charge < -0.3 is 11.1 Å². The summed E-state index contributed by atoms with van der Waals surface area (Å²) < 4.78 is 0. The fraction of sp³-hybridized carbons (Fsp3) is 1.00. The molecular formula is C14H30N2. The van der Waals surface area contributed by atoms with E-state index < -0.39 is 0 Å². The maximum absolute atomic E-state index is 5.46. The van der Waals surface area contributed by atoms with Crippen LogP contribution in [-0.4, -0.2) is 19.6 Å². The van der Waals surface area contributed by atoms with E-state index in [-0.39, 0.29) is 0 Å². The summed E-state index contributed by atoms with van der Waals surface area (Å²) >= 11 is 0. The molecule has 0 aromatic rings. The molecule has 2 nitrogen and oxygen atoms in total. The largest absolute Gasteiger partial charge is 0.330 e. The lowest BCUT2D eigenvalue weighted by Gasteiger charge is -2.23. The van der Waals surface area contributed by atoms with Gasteiger partial charge in [0.25, 0.3) is 0 Å². The zero-order valence-corrected chi connectivity index (χ0v) is 11.1. The van der Waals surface area contributed by atoms with Gasteiger partial charge in [-0.25, -0.2) is 0 Å². The molecule has 0 aliphatic heterocycles. The Morgan fingerprint density at radius 2 is 1.62 bits per heavy atom. The Morgan fingerprint density at radius 1 is 1.00 bits per heavy atom. The highest BCUT2D eigenvalue weighted by Crippen LogP contribution is 2.36. The average Bonchev–Trinajstić information content (AvgIpc) is 2.70. The van der Waals surface area contributed by atoms with Crippen molar-refractivity contribution in [2.24, 2.45) is 11.1 Å². The van der Waals surface area contributed by atoms with Gasteiger partial charge in [-0.15, -0.1) is 0 Å². The quantitative estimate of drug-likeness (QED) is 0.593. The molecule has 3 N–H and O–H groups in total. The Morgan fingerprint density at radius 3 is 2.31 bits per heavy atom. The molecule has 0 spiro atoms. The zero-order valence-electron chi connectivity index (χ0n) is 11.1. The summed E-state index contributed by atoms with van der Waals surface area (Å²) in [6.45, 7) is 5.73. The van der Waals surface area contributed by atoms with Gasteiger partial charge >= 0.3 is 0 Å². The minimum atomic E-state index is 0.611. The topological polar surface area (TPSA) is 38.0 Å². The normalized spacial score (nSPS) is 19.1. The second-order valence-corrected chi connectivity index (χ2v) is 5.75. The lowest BCUT2D eigenvalue weighted by molar-refractivity contribution is 0.314. The molecule has 96 valence electrons. The highest BCUT2D eigenvalue weighted by Gasteiger charge is 2.27. The van der Waals surface area contributed by atoms with Crippen LogP contribution in [0.3, 0.4) is 0 Å². The SMILES string of the molecule is CC1(CNCCCCCCCN)CCCC1. The van der Waals surface area contributed by atoms with E-state index >= 15 is 0 Å². The molecule has 0 amide bonds. The number of nitrogens with two attached hydrogens (primary N) is 1. The molecule has 0 aromatic heterocycles. The molecule has 0 heterocycles. The Kier molecular flexibility index (Phi) is 7.06. The Balaban J connectivity index is 1.84. The van der Waals surface area contributed by atoms with Gasteiger partial charge in [0.15, 0.2) is 0 Å². The van der Waals surface area contributed by atoms with E-state index in [2.05, 4.69) is 12.2 Å². The van der Waals surface area contributed by atoms with Crippen molar-refractivity contribution in [2.45, 2.75) is 64.7 Å². The van der Waals surface area contributed by atoms with Crippen LogP contribution in [0.2, 0.25) is 0 Å². The third-order valence-electron chi connectivity index (χ3n) is 3.92. The summed E-state index contributed by atoms with van der Waals surface area (Å²) in [6, 6.07) is 0. The van der Waals surface area contributed by atoms with Crippen LogP contribution in [0.15, 0.2) is 0 Å². The van der Waals surface area contributed by atoms with Gasteiger partial charge in [0.2, 0.25) is 0 Å². The van der Waals surface area contributed by atoms with Crippen LogP contribution < -0.4 is 11.1 Å². The average molecular weight is 226 g/mol. The molecule has 1 aliphatic rings. The zero-order chi connectivity index (χ0) is 11.7. The second kappa shape index (κ2) is 8.08. The van der Waals surface area contributed by atoms with Crippen LogP contribution >= 0.6 is 0 Å². The second-order valence-electron chi connectivity index (χ2n) is 5.75. The lowest BCUT2D eigenvalue weighted by Crippen LogP contribution is -2.30. The first-order valence-corrected chi connectivity index (χ1v) is 7.18. The van der Waals surface area contributed by atoms with Crippen molar-refractivity contribution in [1.82, 2.24) is 5.32 Å². The Hall–Kier alpha value is -0.0800. The van der Waals surface area contributed by atoms with Crippen molar-refractivity contribution < 1.29 is 0 Å². The smallest absolute Gasteiger partial charge is 0.000516 e. The molecule has 0 bridgehead atoms. The van der Waals surface area contributed by atoms with E-state index in [1.165, 1.54) is 70.9 Å². The number of rotatable bonds is 9. The van der Waals surface area contributed by atoms with Gasteiger partial charge in [0, 0.05) is 6.54 Å². The fourth-order valence-corrected chi connectivity index (χ4v) is 2.72. The van der Waals surface area contributed by atoms with Crippen LogP contribution in [-0.2, 0) is 0 Å². The minimum absolute atomic E-state index is 0.611. The maximum atomic E-state index is 5.46. The third kappa shape index (κ3) is 5.86. The Labute approximate surface area is 101 Å². The summed E-state index contributed by atoms with van der Waals surface area (Å²) in [7, 11) is 0. The third-order valence-corrected chi connectivity index (χ3v) is 3.92. The predicted octanol–water partition coefficient (Wildman–Crippen LogP) is 3.07. The fourth-order valence-electron chi connectivity index (χ4n) is 2.72. The summed E-state index contributed by atoms with van der Waals surface area (Å²) in [6.07, 6.45) is 12.3. The number of hydrogen-bond acceptors (Lipinski definition) is 2. The summed E-state index contributed by atoms with van der Waals surface area (Å²) in [5.41, 5.74) is 6.07. The molecule has 1 fully saturated rings. The molecule has 0 radical (unpaired) electrons. The van der Waals surface area contributed by atoms with Crippen molar-refractivity contribution >= 4 is 0 Å². The first-order chi connectivity index (χ1) is 7.77. The van der Waals surface area contributed by atoms with Crippen LogP contribution in [0.5, 0.6) is 0 Å². The molecule has 16 heavy (non-hydrogen) atoms. The molecule has 2 heteroatoms. The van der Waals surface area contributed by atoms with Gasteiger partial charge in [-0.05, 0) is 44.2 Å². The standard InChI is InChI=1S/C14H30N2/c1-14(9-5-6-10-14)13-16-12-8-4-2-3-7-11-15/h16H,2-13,15H2,1H3. The predicted molar refractivity (Wildman–Crippen MR) is 71.6 cm³/mol. The number of hydrogen-bond donors (Lipinski definition) is 2. The molecule has 1 saturated carbocycles. The number of nitrogens with one attached hydrogen (secondary N) is 1. The van der Waals surface area contributed by atoms with E-state index in [1.54, 1.807) is 0 Å². The number of unbranched alkanes of at least 4 members (excludes halogenated alkanes) is 4. The van der Waals surface area contributed by atoms with Crippen LogP contribution in [0.25, 0.3) is 0 Å². The minimum Gasteiger partial charge on any atom is -0.330 e. The molecule has 0 saturated heterocycles. The van der Waals surface area contributed by atoms with Crippen LogP contribution in [0, 0.1) is 5.41 Å².